The maximum atomic E-state index is 11.3. The molecule has 15 heavy (non-hydrogen) atoms. The number of hydrogen-bond acceptors (Lipinski definition) is 4. The number of ether oxygens (including phenoxy) is 1. The number of rotatable bonds is 5. The van der Waals surface area contributed by atoms with Gasteiger partial charge in [0.1, 0.15) is 0 Å². The van der Waals surface area contributed by atoms with E-state index in [1.165, 1.54) is 7.11 Å². The molecule has 0 fully saturated rings. The molecule has 1 rings (SSSR count). The van der Waals surface area contributed by atoms with Gasteiger partial charge in [0.2, 0.25) is 0 Å². The first-order chi connectivity index (χ1) is 7.17. The first kappa shape index (κ1) is 12.5. The van der Waals surface area contributed by atoms with Gasteiger partial charge < -0.3 is 10.1 Å². The van der Waals surface area contributed by atoms with Crippen LogP contribution in [0.15, 0.2) is 15.9 Å². The third kappa shape index (κ3) is 3.83. The van der Waals surface area contributed by atoms with E-state index in [1.807, 2.05) is 18.4 Å². The van der Waals surface area contributed by atoms with Gasteiger partial charge in [0.25, 0.3) is 0 Å². The van der Waals surface area contributed by atoms with E-state index in [9.17, 15) is 4.79 Å². The van der Waals surface area contributed by atoms with Crippen LogP contribution in [0, 0.1) is 5.92 Å². The highest BCUT2D eigenvalue weighted by Gasteiger charge is 2.16. The summed E-state index contributed by atoms with van der Waals surface area (Å²) in [6.45, 7) is 2.60. The zero-order chi connectivity index (χ0) is 11.3. The minimum Gasteiger partial charge on any atom is -0.469 e. The summed E-state index contributed by atoms with van der Waals surface area (Å²) in [4.78, 5) is 11.3. The SMILES string of the molecule is CCC(CNc1cc(Br)cs1)C(=O)OC. The molecule has 0 aliphatic carbocycles. The lowest BCUT2D eigenvalue weighted by atomic mass is 10.1. The maximum absolute atomic E-state index is 11.3. The zero-order valence-corrected chi connectivity index (χ0v) is 11.2. The number of carbonyl (C=O) groups is 1. The topological polar surface area (TPSA) is 38.3 Å². The lowest BCUT2D eigenvalue weighted by Crippen LogP contribution is -2.23. The molecule has 0 bridgehead atoms. The molecule has 0 spiro atoms. The van der Waals surface area contributed by atoms with Crippen molar-refractivity contribution in [2.75, 3.05) is 19.0 Å². The fourth-order valence-electron chi connectivity index (χ4n) is 1.19. The molecule has 0 aromatic carbocycles. The van der Waals surface area contributed by atoms with Crippen molar-refractivity contribution in [3.63, 3.8) is 0 Å². The molecule has 0 saturated heterocycles. The van der Waals surface area contributed by atoms with E-state index in [4.69, 9.17) is 4.74 Å². The largest absolute Gasteiger partial charge is 0.469 e. The normalized spacial score (nSPS) is 12.2. The van der Waals surface area contributed by atoms with Gasteiger partial charge in [0.05, 0.1) is 18.0 Å². The van der Waals surface area contributed by atoms with Crippen molar-refractivity contribution >= 4 is 38.2 Å². The minimum atomic E-state index is -0.152. The third-order valence-corrected chi connectivity index (χ3v) is 3.77. The van der Waals surface area contributed by atoms with Crippen LogP contribution in [0.2, 0.25) is 0 Å². The number of methoxy groups -OCH3 is 1. The summed E-state index contributed by atoms with van der Waals surface area (Å²) in [5.41, 5.74) is 0. The van der Waals surface area contributed by atoms with Gasteiger partial charge in [0.15, 0.2) is 0 Å². The molecular formula is C10H14BrNO2S. The van der Waals surface area contributed by atoms with Gasteiger partial charge in [-0.25, -0.2) is 0 Å². The van der Waals surface area contributed by atoms with E-state index in [0.717, 1.165) is 15.9 Å². The van der Waals surface area contributed by atoms with Crippen LogP contribution in [0.3, 0.4) is 0 Å². The summed E-state index contributed by atoms with van der Waals surface area (Å²) in [5, 5.41) is 6.28. The van der Waals surface area contributed by atoms with Gasteiger partial charge >= 0.3 is 5.97 Å². The minimum absolute atomic E-state index is 0.0733. The van der Waals surface area contributed by atoms with Crippen molar-refractivity contribution in [1.29, 1.82) is 0 Å². The van der Waals surface area contributed by atoms with Crippen LogP contribution < -0.4 is 5.32 Å². The average Bonchev–Trinajstić information content (AvgIpc) is 2.64. The van der Waals surface area contributed by atoms with Crippen LogP contribution in [-0.2, 0) is 9.53 Å². The van der Waals surface area contributed by atoms with Crippen LogP contribution in [-0.4, -0.2) is 19.6 Å². The second-order valence-electron chi connectivity index (χ2n) is 3.14. The van der Waals surface area contributed by atoms with E-state index < -0.39 is 0 Å². The number of carbonyl (C=O) groups excluding carboxylic acids is 1. The molecule has 0 saturated carbocycles. The predicted octanol–water partition coefficient (Wildman–Crippen LogP) is 3.12. The van der Waals surface area contributed by atoms with E-state index in [0.29, 0.717) is 6.54 Å². The van der Waals surface area contributed by atoms with Crippen LogP contribution in [0.1, 0.15) is 13.3 Å². The Morgan fingerprint density at radius 1 is 1.73 bits per heavy atom. The Kier molecular flexibility index (Phi) is 5.11. The summed E-state index contributed by atoms with van der Waals surface area (Å²) in [5.74, 6) is -0.225. The average molecular weight is 292 g/mol. The van der Waals surface area contributed by atoms with Gasteiger partial charge in [-0.15, -0.1) is 11.3 Å². The standard InChI is InChI=1S/C10H14BrNO2S/c1-3-7(10(13)14-2)5-12-9-4-8(11)6-15-9/h4,6-7,12H,3,5H2,1-2H3. The number of thiophene rings is 1. The highest BCUT2D eigenvalue weighted by atomic mass is 79.9. The molecule has 84 valence electrons. The van der Waals surface area contributed by atoms with E-state index in [2.05, 4.69) is 21.2 Å². The fraction of sp³-hybridized carbons (Fsp3) is 0.500. The smallest absolute Gasteiger partial charge is 0.310 e. The van der Waals surface area contributed by atoms with Crippen molar-refractivity contribution in [2.24, 2.45) is 5.92 Å². The zero-order valence-electron chi connectivity index (χ0n) is 8.75. The molecule has 0 amide bonds. The van der Waals surface area contributed by atoms with E-state index in [-0.39, 0.29) is 11.9 Å². The van der Waals surface area contributed by atoms with Gasteiger partial charge in [-0.2, -0.15) is 0 Å². The number of anilines is 1. The van der Waals surface area contributed by atoms with Crippen molar-refractivity contribution in [3.05, 3.63) is 15.9 Å². The molecule has 3 nitrogen and oxygen atoms in total. The Bertz CT molecular complexity index is 327. The number of halogens is 1. The lowest BCUT2D eigenvalue weighted by molar-refractivity contribution is -0.145. The molecule has 1 N–H and O–H groups in total. The monoisotopic (exact) mass is 291 g/mol. The Morgan fingerprint density at radius 3 is 2.93 bits per heavy atom. The van der Waals surface area contributed by atoms with Crippen LogP contribution in [0.5, 0.6) is 0 Å². The van der Waals surface area contributed by atoms with Gasteiger partial charge in [-0.3, -0.25) is 4.79 Å². The molecule has 1 atom stereocenters. The molecular weight excluding hydrogens is 278 g/mol. The Labute approximate surface area is 102 Å². The maximum Gasteiger partial charge on any atom is 0.310 e. The molecule has 1 aromatic rings. The summed E-state index contributed by atoms with van der Waals surface area (Å²) in [6, 6.07) is 1.99. The molecule has 0 radical (unpaired) electrons. The molecule has 1 heterocycles. The van der Waals surface area contributed by atoms with E-state index >= 15 is 0 Å². The van der Waals surface area contributed by atoms with Crippen molar-refractivity contribution < 1.29 is 9.53 Å². The van der Waals surface area contributed by atoms with Crippen LogP contribution in [0.25, 0.3) is 0 Å². The Balaban J connectivity index is 2.44. The third-order valence-electron chi connectivity index (χ3n) is 2.12. The summed E-state index contributed by atoms with van der Waals surface area (Å²) >= 11 is 4.99. The summed E-state index contributed by atoms with van der Waals surface area (Å²) in [6.07, 6.45) is 0.784. The van der Waals surface area contributed by atoms with Crippen LogP contribution in [0.4, 0.5) is 5.00 Å². The van der Waals surface area contributed by atoms with Crippen molar-refractivity contribution in [3.8, 4) is 0 Å². The first-order valence-corrected chi connectivity index (χ1v) is 6.40. The first-order valence-electron chi connectivity index (χ1n) is 4.73. The Morgan fingerprint density at radius 2 is 2.47 bits per heavy atom. The van der Waals surface area contributed by atoms with Gasteiger partial charge in [-0.1, -0.05) is 6.92 Å². The number of nitrogens with one attached hydrogen (secondary N) is 1. The predicted molar refractivity (Wildman–Crippen MR) is 66.3 cm³/mol. The molecule has 5 heteroatoms. The van der Waals surface area contributed by atoms with Gasteiger partial charge in [-0.05, 0) is 28.4 Å². The number of esters is 1. The highest BCUT2D eigenvalue weighted by Crippen LogP contribution is 2.24. The lowest BCUT2D eigenvalue weighted by Gasteiger charge is -2.12. The van der Waals surface area contributed by atoms with Gasteiger partial charge in [0, 0.05) is 16.4 Å². The Hall–Kier alpha value is -0.550. The highest BCUT2D eigenvalue weighted by molar-refractivity contribution is 9.10. The quantitative estimate of drug-likeness (QED) is 0.847. The summed E-state index contributed by atoms with van der Waals surface area (Å²) < 4.78 is 5.77. The second-order valence-corrected chi connectivity index (χ2v) is 4.97. The second kappa shape index (κ2) is 6.12. The van der Waals surface area contributed by atoms with Crippen molar-refractivity contribution in [2.45, 2.75) is 13.3 Å². The fourth-order valence-corrected chi connectivity index (χ4v) is 2.52. The van der Waals surface area contributed by atoms with E-state index in [1.54, 1.807) is 11.3 Å². The number of hydrogen-bond donors (Lipinski definition) is 1. The molecule has 1 unspecified atom stereocenters. The summed E-state index contributed by atoms with van der Waals surface area (Å²) in [7, 11) is 1.42. The molecule has 0 aliphatic rings. The molecule has 1 aromatic heterocycles. The molecule has 0 aliphatic heterocycles. The van der Waals surface area contributed by atoms with Crippen molar-refractivity contribution in [1.82, 2.24) is 0 Å². The van der Waals surface area contributed by atoms with Crippen LogP contribution >= 0.6 is 27.3 Å².